The Morgan fingerprint density at radius 2 is 1.87 bits per heavy atom. The maximum Gasteiger partial charge on any atom is 0.330 e. The van der Waals surface area contributed by atoms with Crippen LogP contribution in [0.4, 0.5) is 16.2 Å². The highest BCUT2D eigenvalue weighted by atomic mass is 16.6. The predicted molar refractivity (Wildman–Crippen MR) is 137 cm³/mol. The topological polar surface area (TPSA) is 131 Å². The number of nitro benzene ring substituents is 1. The van der Waals surface area contributed by atoms with Crippen LogP contribution in [0.5, 0.6) is 11.5 Å². The number of rotatable bonds is 6. The van der Waals surface area contributed by atoms with Crippen LogP contribution in [-0.4, -0.2) is 61.0 Å². The molecule has 2 aromatic carbocycles. The summed E-state index contributed by atoms with van der Waals surface area (Å²) in [6, 6.07) is 8.74. The molecule has 38 heavy (non-hydrogen) atoms. The summed E-state index contributed by atoms with van der Waals surface area (Å²) in [6.45, 7) is 2.75. The quantitative estimate of drug-likeness (QED) is 0.348. The highest BCUT2D eigenvalue weighted by molar-refractivity contribution is 6.20. The number of benzene rings is 2. The summed E-state index contributed by atoms with van der Waals surface area (Å²) in [5.41, 5.74) is 0.511. The number of nitro groups is 1. The van der Waals surface area contributed by atoms with Crippen molar-refractivity contribution in [1.82, 2.24) is 10.2 Å². The van der Waals surface area contributed by atoms with E-state index in [9.17, 15) is 24.5 Å². The second-order valence-corrected chi connectivity index (χ2v) is 10.2. The van der Waals surface area contributed by atoms with Crippen molar-refractivity contribution in [3.63, 3.8) is 0 Å². The number of anilines is 1. The van der Waals surface area contributed by atoms with Crippen molar-refractivity contribution in [3.8, 4) is 11.5 Å². The number of non-ortho nitro benzene ring substituents is 1. The Balaban J connectivity index is 1.51. The fourth-order valence-electron chi connectivity index (χ4n) is 6.06. The van der Waals surface area contributed by atoms with Gasteiger partial charge in [0.15, 0.2) is 16.9 Å². The van der Waals surface area contributed by atoms with Crippen molar-refractivity contribution in [2.45, 2.75) is 38.6 Å². The lowest BCUT2D eigenvalue weighted by atomic mass is 9.65. The Kier molecular flexibility index (Phi) is 6.46. The number of carbonyl (C=O) groups excluding carboxylic acids is 3. The van der Waals surface area contributed by atoms with E-state index < -0.39 is 34.2 Å². The van der Waals surface area contributed by atoms with Crippen molar-refractivity contribution in [1.29, 1.82) is 0 Å². The standard InChI is InChI=1S/C27H30N4O7/c1-16-8-10-29-20-6-5-19(31(35)36)14-18(20)15-27(23(29)12-16)24(32)28-26(34)30(25(27)33)11-9-17-4-7-21(37-2)22(13-17)38-3/h4-7,13-14,16,23H,8-12,15H2,1-3H3,(H,28,32,34)/t16-,23+,27-/m0/s1. The average Bonchev–Trinajstić information content (AvgIpc) is 2.91. The lowest BCUT2D eigenvalue weighted by Crippen LogP contribution is -2.73. The molecule has 5 rings (SSSR count). The van der Waals surface area contributed by atoms with Crippen molar-refractivity contribution < 1.29 is 28.8 Å². The van der Waals surface area contributed by atoms with Crippen LogP contribution in [0.2, 0.25) is 0 Å². The highest BCUT2D eigenvalue weighted by Crippen LogP contribution is 2.49. The second kappa shape index (κ2) is 9.62. The van der Waals surface area contributed by atoms with E-state index in [4.69, 9.17) is 9.47 Å². The van der Waals surface area contributed by atoms with E-state index in [0.29, 0.717) is 36.4 Å². The molecule has 2 aromatic rings. The summed E-state index contributed by atoms with van der Waals surface area (Å²) >= 11 is 0. The van der Waals surface area contributed by atoms with Crippen LogP contribution in [0.15, 0.2) is 36.4 Å². The van der Waals surface area contributed by atoms with Gasteiger partial charge in [-0.2, -0.15) is 0 Å². The molecule has 3 atom stereocenters. The number of nitrogens with one attached hydrogen (secondary N) is 1. The average molecular weight is 523 g/mol. The Morgan fingerprint density at radius 3 is 2.58 bits per heavy atom. The molecule has 0 unspecified atom stereocenters. The monoisotopic (exact) mass is 522 g/mol. The summed E-state index contributed by atoms with van der Waals surface area (Å²) in [6.07, 6.45) is 1.79. The van der Waals surface area contributed by atoms with Crippen LogP contribution in [0.1, 0.15) is 30.9 Å². The molecule has 4 amide bonds. The minimum atomic E-state index is -1.57. The van der Waals surface area contributed by atoms with Gasteiger partial charge in [0.25, 0.3) is 5.69 Å². The number of fused-ring (bicyclic) bond motifs is 4. The molecular weight excluding hydrogens is 492 g/mol. The molecular formula is C27H30N4O7. The fourth-order valence-corrected chi connectivity index (χ4v) is 6.06. The van der Waals surface area contributed by atoms with Gasteiger partial charge in [0, 0.05) is 37.3 Å². The largest absolute Gasteiger partial charge is 0.493 e. The van der Waals surface area contributed by atoms with Gasteiger partial charge in [-0.1, -0.05) is 13.0 Å². The molecule has 1 spiro atoms. The summed E-state index contributed by atoms with van der Waals surface area (Å²) in [4.78, 5) is 54.8. The van der Waals surface area contributed by atoms with E-state index >= 15 is 0 Å². The van der Waals surface area contributed by atoms with Gasteiger partial charge < -0.3 is 14.4 Å². The Hall–Kier alpha value is -4.15. The second-order valence-electron chi connectivity index (χ2n) is 10.2. The number of hydrogen-bond acceptors (Lipinski definition) is 8. The molecule has 3 aliphatic heterocycles. The van der Waals surface area contributed by atoms with Gasteiger partial charge in [0.1, 0.15) is 0 Å². The molecule has 2 fully saturated rings. The SMILES string of the molecule is COc1ccc(CCN2C(=O)NC(=O)[C@@]3(Cc4cc([N+](=O)[O-])ccc4N4CC[C@H](C)C[C@@H]43)C2=O)cc1OC. The van der Waals surface area contributed by atoms with Gasteiger partial charge in [0.2, 0.25) is 11.8 Å². The maximum atomic E-state index is 14.2. The van der Waals surface area contributed by atoms with Crippen molar-refractivity contribution in [2.24, 2.45) is 11.3 Å². The number of nitrogens with zero attached hydrogens (tertiary/aromatic N) is 3. The zero-order valence-electron chi connectivity index (χ0n) is 21.6. The van der Waals surface area contributed by atoms with E-state index in [1.165, 1.54) is 26.4 Å². The Bertz CT molecular complexity index is 1330. The number of hydrogen-bond donors (Lipinski definition) is 1. The first-order valence-electron chi connectivity index (χ1n) is 12.6. The first-order chi connectivity index (χ1) is 18.2. The molecule has 0 bridgehead atoms. The van der Waals surface area contributed by atoms with Crippen molar-refractivity contribution in [2.75, 3.05) is 32.2 Å². The normalized spacial score (nSPS) is 24.6. The third-order valence-corrected chi connectivity index (χ3v) is 8.06. The van der Waals surface area contributed by atoms with Crippen molar-refractivity contribution in [3.05, 3.63) is 57.6 Å². The van der Waals surface area contributed by atoms with Crippen molar-refractivity contribution >= 4 is 29.2 Å². The van der Waals surface area contributed by atoms with Gasteiger partial charge in [-0.25, -0.2) is 4.79 Å². The number of urea groups is 1. The van der Waals surface area contributed by atoms with E-state index in [0.717, 1.165) is 22.6 Å². The third kappa shape index (κ3) is 4.02. The Morgan fingerprint density at radius 1 is 1.11 bits per heavy atom. The molecule has 0 radical (unpaired) electrons. The van der Waals surface area contributed by atoms with Crippen LogP contribution in [0.3, 0.4) is 0 Å². The maximum absolute atomic E-state index is 14.2. The van der Waals surface area contributed by atoms with Crippen LogP contribution in [0.25, 0.3) is 0 Å². The van der Waals surface area contributed by atoms with E-state index in [-0.39, 0.29) is 24.6 Å². The Labute approximate surface area is 219 Å². The molecule has 3 heterocycles. The summed E-state index contributed by atoms with van der Waals surface area (Å²) in [5, 5.41) is 13.9. The molecule has 0 aliphatic carbocycles. The number of carbonyl (C=O) groups is 3. The lowest BCUT2D eigenvalue weighted by Gasteiger charge is -2.54. The minimum absolute atomic E-state index is 0.0112. The molecule has 0 saturated carbocycles. The zero-order valence-corrected chi connectivity index (χ0v) is 21.6. The molecule has 200 valence electrons. The number of imide groups is 2. The molecule has 1 N–H and O–H groups in total. The van der Waals surface area contributed by atoms with Crippen LogP contribution < -0.4 is 19.7 Å². The van der Waals surface area contributed by atoms with Gasteiger partial charge in [-0.05, 0) is 54.5 Å². The third-order valence-electron chi connectivity index (χ3n) is 8.06. The van der Waals surface area contributed by atoms with Gasteiger partial charge >= 0.3 is 6.03 Å². The van der Waals surface area contributed by atoms with E-state index in [1.54, 1.807) is 18.2 Å². The zero-order chi connectivity index (χ0) is 27.2. The molecule has 11 heteroatoms. The van der Waals surface area contributed by atoms with Gasteiger partial charge in [0.05, 0.1) is 25.2 Å². The molecule has 2 saturated heterocycles. The summed E-state index contributed by atoms with van der Waals surface area (Å²) in [5.74, 6) is 0.160. The number of barbiturate groups is 1. The number of ether oxygens (including phenoxy) is 2. The number of methoxy groups -OCH3 is 2. The van der Waals surface area contributed by atoms with Gasteiger partial charge in [-0.15, -0.1) is 0 Å². The molecule has 11 nitrogen and oxygen atoms in total. The fraction of sp³-hybridized carbons (Fsp3) is 0.444. The smallest absolute Gasteiger partial charge is 0.330 e. The summed E-state index contributed by atoms with van der Waals surface area (Å²) < 4.78 is 10.6. The first-order valence-corrected chi connectivity index (χ1v) is 12.6. The molecule has 3 aliphatic rings. The van der Waals surface area contributed by atoms with E-state index in [2.05, 4.69) is 12.2 Å². The van der Waals surface area contributed by atoms with Gasteiger partial charge in [-0.3, -0.25) is 29.9 Å². The lowest BCUT2D eigenvalue weighted by molar-refractivity contribution is -0.384. The first kappa shape index (κ1) is 25.5. The summed E-state index contributed by atoms with van der Waals surface area (Å²) in [7, 11) is 3.07. The van der Waals surface area contributed by atoms with Crippen LogP contribution in [-0.2, 0) is 22.4 Å². The number of amides is 4. The minimum Gasteiger partial charge on any atom is -0.493 e. The van der Waals surface area contributed by atoms with Crippen LogP contribution in [0, 0.1) is 21.4 Å². The predicted octanol–water partition coefficient (Wildman–Crippen LogP) is 3.08. The van der Waals surface area contributed by atoms with Crippen LogP contribution >= 0.6 is 0 Å². The van der Waals surface area contributed by atoms with E-state index in [1.807, 2.05) is 11.0 Å². The molecule has 0 aromatic heterocycles. The highest BCUT2D eigenvalue weighted by Gasteiger charge is 2.62. The number of piperidine rings is 1.